The molecular formula is C46H27NO. The van der Waals surface area contributed by atoms with Crippen LogP contribution in [0, 0.1) is 0 Å². The Morgan fingerprint density at radius 3 is 1.69 bits per heavy atom. The highest BCUT2D eigenvalue weighted by Gasteiger charge is 2.18. The summed E-state index contributed by atoms with van der Waals surface area (Å²) in [5, 5.41) is 12.5. The zero-order chi connectivity index (χ0) is 31.3. The minimum Gasteiger partial charge on any atom is -0.456 e. The first-order valence-corrected chi connectivity index (χ1v) is 16.5. The van der Waals surface area contributed by atoms with Gasteiger partial charge in [0, 0.05) is 27.2 Å². The van der Waals surface area contributed by atoms with E-state index in [1.165, 1.54) is 76.4 Å². The fourth-order valence-electron chi connectivity index (χ4n) is 8.18. The van der Waals surface area contributed by atoms with Crippen molar-refractivity contribution in [2.75, 3.05) is 0 Å². The van der Waals surface area contributed by atoms with E-state index in [1.807, 2.05) is 12.1 Å². The van der Waals surface area contributed by atoms with Gasteiger partial charge in [0.2, 0.25) is 0 Å². The lowest BCUT2D eigenvalue weighted by atomic mass is 9.87. The molecule has 0 bridgehead atoms. The number of benzene rings is 9. The van der Waals surface area contributed by atoms with Gasteiger partial charge in [0.25, 0.3) is 0 Å². The molecule has 48 heavy (non-hydrogen) atoms. The van der Waals surface area contributed by atoms with Crippen LogP contribution in [0.4, 0.5) is 0 Å². The molecule has 0 aliphatic heterocycles. The lowest BCUT2D eigenvalue weighted by Crippen LogP contribution is -1.94. The molecule has 0 amide bonds. The van der Waals surface area contributed by atoms with Gasteiger partial charge in [0.1, 0.15) is 11.2 Å². The van der Waals surface area contributed by atoms with E-state index >= 15 is 0 Å². The molecule has 0 fully saturated rings. The third-order valence-electron chi connectivity index (χ3n) is 10.4. The van der Waals surface area contributed by atoms with Gasteiger partial charge in [-0.25, -0.2) is 0 Å². The molecule has 222 valence electrons. The minimum atomic E-state index is 0.921. The third-order valence-corrected chi connectivity index (χ3v) is 10.4. The molecule has 11 rings (SSSR count). The van der Waals surface area contributed by atoms with Crippen molar-refractivity contribution in [1.29, 1.82) is 0 Å². The summed E-state index contributed by atoms with van der Waals surface area (Å²) >= 11 is 0. The minimum absolute atomic E-state index is 0.921. The van der Waals surface area contributed by atoms with Crippen LogP contribution < -0.4 is 0 Å². The van der Waals surface area contributed by atoms with Crippen LogP contribution in [-0.2, 0) is 0 Å². The summed E-state index contributed by atoms with van der Waals surface area (Å²) in [6.45, 7) is 0. The van der Waals surface area contributed by atoms with Gasteiger partial charge in [-0.3, -0.25) is 0 Å². The van der Waals surface area contributed by atoms with Crippen molar-refractivity contribution >= 4 is 76.1 Å². The number of para-hydroxylation sites is 2. The monoisotopic (exact) mass is 609 g/mol. The van der Waals surface area contributed by atoms with Gasteiger partial charge in [-0.1, -0.05) is 127 Å². The summed E-state index contributed by atoms with van der Waals surface area (Å²) < 4.78 is 8.68. The summed E-state index contributed by atoms with van der Waals surface area (Å²) in [7, 11) is 0. The Labute approximate surface area is 276 Å². The Balaban J connectivity index is 1.10. The highest BCUT2D eigenvalue weighted by atomic mass is 16.3. The maximum absolute atomic E-state index is 6.29. The van der Waals surface area contributed by atoms with Gasteiger partial charge in [-0.15, -0.1) is 0 Å². The van der Waals surface area contributed by atoms with Crippen LogP contribution in [0.1, 0.15) is 0 Å². The van der Waals surface area contributed by atoms with E-state index in [0.29, 0.717) is 0 Å². The van der Waals surface area contributed by atoms with E-state index in [1.54, 1.807) is 0 Å². The van der Waals surface area contributed by atoms with Gasteiger partial charge in [-0.2, -0.15) is 0 Å². The van der Waals surface area contributed by atoms with Crippen molar-refractivity contribution in [3.63, 3.8) is 0 Å². The van der Waals surface area contributed by atoms with Crippen LogP contribution in [0.25, 0.3) is 104 Å². The van der Waals surface area contributed by atoms with Gasteiger partial charge in [-0.05, 0) is 91.0 Å². The van der Waals surface area contributed by atoms with Crippen LogP contribution >= 0.6 is 0 Å². The first-order valence-electron chi connectivity index (χ1n) is 16.5. The van der Waals surface area contributed by atoms with E-state index in [9.17, 15) is 0 Å². The largest absolute Gasteiger partial charge is 0.456 e. The predicted octanol–water partition coefficient (Wildman–Crippen LogP) is 12.9. The fourth-order valence-corrected chi connectivity index (χ4v) is 8.18. The lowest BCUT2D eigenvalue weighted by Gasteiger charge is -2.17. The summed E-state index contributed by atoms with van der Waals surface area (Å²) in [6, 6.07) is 59.6. The molecule has 2 heteroatoms. The van der Waals surface area contributed by atoms with Crippen LogP contribution in [-0.4, -0.2) is 4.57 Å². The fraction of sp³-hybridized carbons (Fsp3) is 0. The number of aromatic nitrogens is 1. The molecule has 0 unspecified atom stereocenters. The van der Waals surface area contributed by atoms with E-state index in [-0.39, 0.29) is 0 Å². The second-order valence-electron chi connectivity index (χ2n) is 12.9. The molecule has 2 nitrogen and oxygen atoms in total. The first-order chi connectivity index (χ1) is 23.8. The van der Waals surface area contributed by atoms with Crippen molar-refractivity contribution in [3.05, 3.63) is 164 Å². The molecule has 0 radical (unpaired) electrons. The van der Waals surface area contributed by atoms with Crippen molar-refractivity contribution in [2.45, 2.75) is 0 Å². The van der Waals surface area contributed by atoms with Crippen LogP contribution in [0.5, 0.6) is 0 Å². The van der Waals surface area contributed by atoms with Crippen molar-refractivity contribution in [3.8, 4) is 27.9 Å². The Morgan fingerprint density at radius 2 is 0.958 bits per heavy atom. The van der Waals surface area contributed by atoms with Gasteiger partial charge < -0.3 is 8.98 Å². The highest BCUT2D eigenvalue weighted by Crippen LogP contribution is 2.43. The second-order valence-corrected chi connectivity index (χ2v) is 12.9. The molecule has 11 aromatic rings. The summed E-state index contributed by atoms with van der Waals surface area (Å²) in [4.78, 5) is 0. The van der Waals surface area contributed by atoms with Gasteiger partial charge in [0.15, 0.2) is 0 Å². The van der Waals surface area contributed by atoms with Crippen molar-refractivity contribution in [2.24, 2.45) is 0 Å². The molecule has 0 aliphatic carbocycles. The standard InChI is InChI=1S/C46H27NO/c1-2-8-28(9-3-1)33-22-16-30-19-25-38-34(23-17-31-18-24-37(33)45(30)46(31)38)29-14-20-32(21-15-29)47-41-12-6-4-10-35(41)39-27-44-40(26-42(39)47)36-11-5-7-13-43(36)48-44/h1-27H. The maximum Gasteiger partial charge on any atom is 0.136 e. The SMILES string of the molecule is c1ccc(-c2ccc3ccc4c(-c5ccc(-n6c7ccccc7c7cc8oc9ccccc9c8cc76)cc5)ccc5ccc2c3c54)cc1. The molecule has 0 atom stereocenters. The van der Waals surface area contributed by atoms with Crippen molar-refractivity contribution in [1.82, 2.24) is 4.57 Å². The zero-order valence-electron chi connectivity index (χ0n) is 25.9. The highest BCUT2D eigenvalue weighted by molar-refractivity contribution is 6.27. The van der Waals surface area contributed by atoms with E-state index in [0.717, 1.165) is 27.6 Å². The summed E-state index contributed by atoms with van der Waals surface area (Å²) in [6.07, 6.45) is 0. The average Bonchev–Trinajstić information content (AvgIpc) is 3.68. The number of furan rings is 1. The van der Waals surface area contributed by atoms with Crippen LogP contribution in [0.3, 0.4) is 0 Å². The van der Waals surface area contributed by atoms with E-state index in [2.05, 4.69) is 156 Å². The molecule has 0 spiro atoms. The van der Waals surface area contributed by atoms with Crippen molar-refractivity contribution < 1.29 is 4.42 Å². The molecule has 0 aliphatic rings. The molecule has 2 aromatic heterocycles. The van der Waals surface area contributed by atoms with E-state index < -0.39 is 0 Å². The number of rotatable bonds is 3. The van der Waals surface area contributed by atoms with Gasteiger partial charge >= 0.3 is 0 Å². The summed E-state index contributed by atoms with van der Waals surface area (Å²) in [5.74, 6) is 0. The molecule has 0 N–H and O–H groups in total. The molecule has 0 saturated heterocycles. The normalized spacial score (nSPS) is 12.2. The molecule has 0 saturated carbocycles. The smallest absolute Gasteiger partial charge is 0.136 e. The number of fused-ring (bicyclic) bond motifs is 6. The van der Waals surface area contributed by atoms with Crippen LogP contribution in [0.2, 0.25) is 0 Å². The number of hydrogen-bond acceptors (Lipinski definition) is 1. The lowest BCUT2D eigenvalue weighted by molar-refractivity contribution is 0.669. The van der Waals surface area contributed by atoms with Gasteiger partial charge in [0.05, 0.1) is 11.0 Å². The Kier molecular flexibility index (Phi) is 5.14. The number of nitrogens with zero attached hydrogens (tertiary/aromatic N) is 1. The number of hydrogen-bond donors (Lipinski definition) is 0. The average molecular weight is 610 g/mol. The summed E-state index contributed by atoms with van der Waals surface area (Å²) in [5.41, 5.74) is 10.3. The van der Waals surface area contributed by atoms with Crippen LogP contribution in [0.15, 0.2) is 168 Å². The van der Waals surface area contributed by atoms with E-state index in [4.69, 9.17) is 4.42 Å². The first kappa shape index (κ1) is 25.8. The molecule has 9 aromatic carbocycles. The predicted molar refractivity (Wildman–Crippen MR) is 203 cm³/mol. The quantitative estimate of drug-likeness (QED) is 0.182. The second kappa shape index (κ2) is 9.57. The molecular weight excluding hydrogens is 583 g/mol. The Morgan fingerprint density at radius 1 is 0.354 bits per heavy atom. The topological polar surface area (TPSA) is 18.1 Å². The molecule has 2 heterocycles. The Bertz CT molecular complexity index is 3030. The zero-order valence-corrected chi connectivity index (χ0v) is 25.9. The maximum atomic E-state index is 6.29. The Hall–Kier alpha value is -6.38. The third kappa shape index (κ3) is 3.52.